The number of carbonyl (C=O) groups is 3. The molecule has 104 valence electrons. The second-order valence-electron chi connectivity index (χ2n) is 3.53. The van der Waals surface area contributed by atoms with Gasteiger partial charge < -0.3 is 5.11 Å². The molecule has 3 N–H and O–H groups in total. The quantitative estimate of drug-likeness (QED) is 0.684. The first-order valence-electron chi connectivity index (χ1n) is 5.51. The number of thioether (sulfide) groups is 1. The summed E-state index contributed by atoms with van der Waals surface area (Å²) < 4.78 is 0. The highest BCUT2D eigenvalue weighted by Crippen LogP contribution is 2.14. The Kier molecular flexibility index (Phi) is 6.37. The van der Waals surface area contributed by atoms with Gasteiger partial charge in [0.15, 0.2) is 0 Å². The lowest BCUT2D eigenvalue weighted by molar-refractivity contribution is -0.136. The number of aliphatic carboxylic acids is 1. The number of carboxylic acids is 1. The molecule has 8 heteroatoms. The number of hydrazine groups is 1. The molecule has 1 unspecified atom stereocenters. The van der Waals surface area contributed by atoms with Crippen LogP contribution in [0.15, 0.2) is 17.5 Å². The topological polar surface area (TPSA) is 95.5 Å². The number of rotatable bonds is 6. The number of hydrogen-bond donors (Lipinski definition) is 3. The Bertz CT molecular complexity index is 448. The molecule has 0 saturated heterocycles. The van der Waals surface area contributed by atoms with Crippen molar-refractivity contribution in [3.63, 3.8) is 0 Å². The Morgan fingerprint density at radius 1 is 1.42 bits per heavy atom. The molecule has 0 fully saturated rings. The highest BCUT2D eigenvalue weighted by Gasteiger charge is 2.17. The Hall–Kier alpha value is -1.54. The lowest BCUT2D eigenvalue weighted by Crippen LogP contribution is -2.42. The van der Waals surface area contributed by atoms with Gasteiger partial charge in [0.25, 0.3) is 5.91 Å². The highest BCUT2D eigenvalue weighted by molar-refractivity contribution is 8.01. The molecule has 1 heterocycles. The molecule has 0 aromatic carbocycles. The smallest absolute Gasteiger partial charge is 0.316 e. The molecule has 2 amide bonds. The maximum atomic E-state index is 11.5. The minimum atomic E-state index is -0.942. The van der Waals surface area contributed by atoms with Gasteiger partial charge in [0.1, 0.15) is 5.25 Å². The first-order valence-corrected chi connectivity index (χ1v) is 7.44. The van der Waals surface area contributed by atoms with Gasteiger partial charge in [-0.05, 0) is 17.9 Å². The van der Waals surface area contributed by atoms with Crippen molar-refractivity contribution >= 4 is 40.9 Å². The Morgan fingerprint density at radius 3 is 2.68 bits per heavy atom. The van der Waals surface area contributed by atoms with Crippen LogP contribution in [0.3, 0.4) is 0 Å². The van der Waals surface area contributed by atoms with E-state index in [9.17, 15) is 14.4 Å². The van der Waals surface area contributed by atoms with E-state index in [-0.39, 0.29) is 5.75 Å². The van der Waals surface area contributed by atoms with E-state index in [1.54, 1.807) is 24.4 Å². The molecule has 0 radical (unpaired) electrons. The van der Waals surface area contributed by atoms with Crippen molar-refractivity contribution < 1.29 is 19.5 Å². The molecule has 19 heavy (non-hydrogen) atoms. The predicted octanol–water partition coefficient (Wildman–Crippen LogP) is 1.11. The Morgan fingerprint density at radius 2 is 2.16 bits per heavy atom. The summed E-state index contributed by atoms with van der Waals surface area (Å²) in [6.07, 6.45) is 0.439. The van der Waals surface area contributed by atoms with Crippen LogP contribution in [0, 0.1) is 0 Å². The minimum absolute atomic E-state index is 0.0183. The number of carboxylic acid groups (broad SMARTS) is 1. The number of nitrogens with one attached hydrogen (secondary N) is 2. The van der Waals surface area contributed by atoms with Gasteiger partial charge in [-0.1, -0.05) is 13.0 Å². The number of hydrogen-bond acceptors (Lipinski definition) is 5. The molecule has 1 atom stereocenters. The first-order chi connectivity index (χ1) is 9.04. The van der Waals surface area contributed by atoms with Crippen LogP contribution in [0.2, 0.25) is 0 Å². The van der Waals surface area contributed by atoms with E-state index in [1.807, 2.05) is 0 Å². The van der Waals surface area contributed by atoms with E-state index in [2.05, 4.69) is 10.9 Å². The van der Waals surface area contributed by atoms with Gasteiger partial charge in [0.05, 0.1) is 10.6 Å². The second-order valence-corrected chi connectivity index (χ2v) is 5.66. The van der Waals surface area contributed by atoms with Crippen molar-refractivity contribution in [3.8, 4) is 0 Å². The zero-order valence-corrected chi connectivity index (χ0v) is 11.8. The minimum Gasteiger partial charge on any atom is -0.480 e. The van der Waals surface area contributed by atoms with Crippen LogP contribution in [0.1, 0.15) is 23.0 Å². The van der Waals surface area contributed by atoms with Crippen molar-refractivity contribution in [2.45, 2.75) is 18.6 Å². The van der Waals surface area contributed by atoms with E-state index < -0.39 is 23.0 Å². The van der Waals surface area contributed by atoms with Crippen LogP contribution in [0.25, 0.3) is 0 Å². The summed E-state index contributed by atoms with van der Waals surface area (Å²) in [7, 11) is 0. The van der Waals surface area contributed by atoms with Gasteiger partial charge in [-0.15, -0.1) is 23.1 Å². The summed E-state index contributed by atoms with van der Waals surface area (Å²) in [6.45, 7) is 1.74. The molecular weight excluding hydrogens is 288 g/mol. The summed E-state index contributed by atoms with van der Waals surface area (Å²) in [5.41, 5.74) is 4.51. The van der Waals surface area contributed by atoms with E-state index in [0.717, 1.165) is 11.8 Å². The third-order valence-corrected chi connectivity index (χ3v) is 4.36. The molecule has 0 aliphatic rings. The van der Waals surface area contributed by atoms with Crippen molar-refractivity contribution in [1.82, 2.24) is 10.9 Å². The molecule has 0 aliphatic heterocycles. The van der Waals surface area contributed by atoms with Crippen molar-refractivity contribution in [2.75, 3.05) is 5.75 Å². The van der Waals surface area contributed by atoms with Gasteiger partial charge in [0, 0.05) is 0 Å². The summed E-state index contributed by atoms with van der Waals surface area (Å²) in [4.78, 5) is 34.2. The van der Waals surface area contributed by atoms with E-state index >= 15 is 0 Å². The molecule has 1 rings (SSSR count). The monoisotopic (exact) mass is 302 g/mol. The fourth-order valence-corrected chi connectivity index (χ4v) is 2.59. The molecule has 1 aromatic heterocycles. The molecular formula is C11H14N2O4S2. The molecule has 0 bridgehead atoms. The highest BCUT2D eigenvalue weighted by atomic mass is 32.2. The fraction of sp³-hybridized carbons (Fsp3) is 0.364. The third kappa shape index (κ3) is 5.31. The summed E-state index contributed by atoms with van der Waals surface area (Å²) >= 11 is 2.29. The molecule has 0 saturated carbocycles. The average molecular weight is 302 g/mol. The molecule has 0 spiro atoms. The lowest BCUT2D eigenvalue weighted by Gasteiger charge is -2.09. The van der Waals surface area contributed by atoms with Crippen LogP contribution in [-0.4, -0.2) is 33.9 Å². The Balaban J connectivity index is 2.28. The van der Waals surface area contributed by atoms with Gasteiger partial charge in [-0.25, -0.2) is 0 Å². The summed E-state index contributed by atoms with van der Waals surface area (Å²) in [5, 5.41) is 9.95. The van der Waals surface area contributed by atoms with Crippen LogP contribution in [0.5, 0.6) is 0 Å². The zero-order chi connectivity index (χ0) is 14.3. The van der Waals surface area contributed by atoms with Gasteiger partial charge in [0.2, 0.25) is 5.91 Å². The van der Waals surface area contributed by atoms with E-state index in [1.165, 1.54) is 11.3 Å². The SMILES string of the molecule is CCC(SCC(=O)NNC(=O)c1cccs1)C(=O)O. The van der Waals surface area contributed by atoms with Crippen LogP contribution >= 0.6 is 23.1 Å². The summed E-state index contributed by atoms with van der Waals surface area (Å²) in [6, 6.07) is 3.37. The van der Waals surface area contributed by atoms with Crippen molar-refractivity contribution in [2.24, 2.45) is 0 Å². The zero-order valence-electron chi connectivity index (χ0n) is 10.2. The van der Waals surface area contributed by atoms with Gasteiger partial charge in [-0.3, -0.25) is 25.2 Å². The first kappa shape index (κ1) is 15.5. The largest absolute Gasteiger partial charge is 0.480 e. The molecule has 0 aliphatic carbocycles. The van der Waals surface area contributed by atoms with Crippen LogP contribution in [-0.2, 0) is 9.59 Å². The van der Waals surface area contributed by atoms with Crippen molar-refractivity contribution in [3.05, 3.63) is 22.4 Å². The maximum absolute atomic E-state index is 11.5. The van der Waals surface area contributed by atoms with Gasteiger partial charge >= 0.3 is 5.97 Å². The maximum Gasteiger partial charge on any atom is 0.316 e. The van der Waals surface area contributed by atoms with Crippen LogP contribution < -0.4 is 10.9 Å². The van der Waals surface area contributed by atoms with Gasteiger partial charge in [-0.2, -0.15) is 0 Å². The number of thiophene rings is 1. The standard InChI is InChI=1S/C11H14N2O4S2/c1-2-7(11(16)17)19-6-9(14)12-13-10(15)8-4-3-5-18-8/h3-5,7H,2,6H2,1H3,(H,12,14)(H,13,15)(H,16,17). The predicted molar refractivity (Wildman–Crippen MR) is 74.1 cm³/mol. The third-order valence-electron chi connectivity index (χ3n) is 2.12. The number of amides is 2. The van der Waals surface area contributed by atoms with Crippen molar-refractivity contribution in [1.29, 1.82) is 0 Å². The van der Waals surface area contributed by atoms with Crippen LogP contribution in [0.4, 0.5) is 0 Å². The Labute approximate surface area is 118 Å². The van der Waals surface area contributed by atoms with E-state index in [4.69, 9.17) is 5.11 Å². The molecule has 1 aromatic rings. The fourth-order valence-electron chi connectivity index (χ4n) is 1.17. The average Bonchev–Trinajstić information content (AvgIpc) is 2.90. The summed E-state index contributed by atoms with van der Waals surface area (Å²) in [5.74, 6) is -1.79. The molecule has 6 nitrogen and oxygen atoms in total. The lowest BCUT2D eigenvalue weighted by atomic mass is 10.3. The second kappa shape index (κ2) is 7.80. The number of carbonyl (C=O) groups excluding carboxylic acids is 2. The van der Waals surface area contributed by atoms with E-state index in [0.29, 0.717) is 11.3 Å². The normalized spacial score (nSPS) is 11.6.